The van der Waals surface area contributed by atoms with Gasteiger partial charge in [-0.25, -0.2) is 0 Å². The maximum absolute atomic E-state index is 12.7. The van der Waals surface area contributed by atoms with Crippen LogP contribution in [0.1, 0.15) is 18.4 Å². The fourth-order valence-electron chi connectivity index (χ4n) is 4.58. The highest BCUT2D eigenvalue weighted by Gasteiger charge is 2.33. The highest BCUT2D eigenvalue weighted by Crippen LogP contribution is 2.22. The number of piperazine rings is 1. The van der Waals surface area contributed by atoms with Crippen LogP contribution in [0.3, 0.4) is 0 Å². The monoisotopic (exact) mass is 435 g/mol. The first-order valence-corrected chi connectivity index (χ1v) is 11.5. The maximum Gasteiger partial charge on any atom is 0.238 e. The molecule has 2 fully saturated rings. The molecular formula is C25H33N5O2. The Balaban J connectivity index is 1.33. The Morgan fingerprint density at radius 2 is 1.66 bits per heavy atom. The van der Waals surface area contributed by atoms with Gasteiger partial charge < -0.3 is 15.5 Å². The van der Waals surface area contributed by atoms with Crippen molar-refractivity contribution < 1.29 is 9.59 Å². The van der Waals surface area contributed by atoms with Crippen LogP contribution in [-0.2, 0) is 16.1 Å². The molecule has 0 radical (unpaired) electrons. The molecule has 4 rings (SSSR count). The molecule has 2 aromatic rings. The van der Waals surface area contributed by atoms with Gasteiger partial charge in [-0.15, -0.1) is 0 Å². The number of amides is 2. The Bertz CT molecular complexity index is 896. The number of benzene rings is 2. The molecule has 2 aliphatic rings. The molecule has 7 nitrogen and oxygen atoms in total. The Morgan fingerprint density at radius 1 is 0.938 bits per heavy atom. The summed E-state index contributed by atoms with van der Waals surface area (Å²) < 4.78 is 0. The zero-order valence-electron chi connectivity index (χ0n) is 18.8. The van der Waals surface area contributed by atoms with Crippen molar-refractivity contribution in [2.24, 2.45) is 0 Å². The van der Waals surface area contributed by atoms with E-state index >= 15 is 0 Å². The van der Waals surface area contributed by atoms with E-state index in [-0.39, 0.29) is 24.4 Å². The first-order chi connectivity index (χ1) is 15.6. The maximum atomic E-state index is 12.7. The van der Waals surface area contributed by atoms with Gasteiger partial charge in [0.1, 0.15) is 6.04 Å². The predicted molar refractivity (Wildman–Crippen MR) is 128 cm³/mol. The highest BCUT2D eigenvalue weighted by molar-refractivity contribution is 5.93. The summed E-state index contributed by atoms with van der Waals surface area (Å²) in [6.07, 6.45) is 2.48. The molecule has 1 atom stereocenters. The third kappa shape index (κ3) is 5.66. The molecule has 0 saturated carbocycles. The van der Waals surface area contributed by atoms with E-state index in [4.69, 9.17) is 0 Å². The van der Waals surface area contributed by atoms with E-state index in [1.807, 2.05) is 35.2 Å². The summed E-state index contributed by atoms with van der Waals surface area (Å²) in [5.41, 5.74) is 3.22. The van der Waals surface area contributed by atoms with Crippen LogP contribution < -0.4 is 15.5 Å². The van der Waals surface area contributed by atoms with Gasteiger partial charge in [0.05, 0.1) is 6.54 Å². The van der Waals surface area contributed by atoms with E-state index in [9.17, 15) is 9.59 Å². The minimum atomic E-state index is -0.347. The second kappa shape index (κ2) is 10.6. The number of hydrogen-bond donors (Lipinski definition) is 2. The molecule has 2 heterocycles. The number of carbonyl (C=O) groups excluding carboxylic acids is 2. The van der Waals surface area contributed by atoms with Gasteiger partial charge in [0, 0.05) is 57.7 Å². The smallest absolute Gasteiger partial charge is 0.238 e. The summed E-state index contributed by atoms with van der Waals surface area (Å²) in [5, 5.41) is 5.75. The van der Waals surface area contributed by atoms with E-state index in [0.717, 1.165) is 31.9 Å². The van der Waals surface area contributed by atoms with Crippen LogP contribution in [0.2, 0.25) is 0 Å². The zero-order valence-corrected chi connectivity index (χ0v) is 18.8. The van der Waals surface area contributed by atoms with Gasteiger partial charge >= 0.3 is 0 Å². The number of hydrogen-bond acceptors (Lipinski definition) is 5. The summed E-state index contributed by atoms with van der Waals surface area (Å²) in [5.74, 6) is -0.144. The van der Waals surface area contributed by atoms with Gasteiger partial charge in [-0.2, -0.15) is 0 Å². The Morgan fingerprint density at radius 3 is 2.34 bits per heavy atom. The Hall–Kier alpha value is -2.90. The molecule has 0 aromatic heterocycles. The van der Waals surface area contributed by atoms with Crippen LogP contribution in [0.15, 0.2) is 54.6 Å². The minimum Gasteiger partial charge on any atom is -0.372 e. The van der Waals surface area contributed by atoms with Crippen molar-refractivity contribution >= 4 is 23.2 Å². The molecule has 2 saturated heterocycles. The quantitative estimate of drug-likeness (QED) is 0.698. The van der Waals surface area contributed by atoms with Crippen molar-refractivity contribution in [3.05, 3.63) is 60.2 Å². The molecule has 7 heteroatoms. The van der Waals surface area contributed by atoms with E-state index in [1.165, 1.54) is 24.1 Å². The number of anilines is 2. The number of nitrogens with one attached hydrogen (secondary N) is 2. The van der Waals surface area contributed by atoms with Crippen LogP contribution >= 0.6 is 0 Å². The zero-order chi connectivity index (χ0) is 22.3. The SMILES string of the molecule is CNC(=O)[C@H]1CN(Cc2ccccc2)CCN1CC(=O)Nc1ccc(N2CCCC2)cc1. The largest absolute Gasteiger partial charge is 0.372 e. The van der Waals surface area contributed by atoms with E-state index in [0.29, 0.717) is 13.1 Å². The number of likely N-dealkylation sites (N-methyl/N-ethyl adjacent to an activating group) is 1. The van der Waals surface area contributed by atoms with Crippen molar-refractivity contribution in [2.75, 3.05) is 56.5 Å². The van der Waals surface area contributed by atoms with Gasteiger partial charge in [0.2, 0.25) is 11.8 Å². The average molecular weight is 436 g/mol. The van der Waals surface area contributed by atoms with Crippen molar-refractivity contribution in [2.45, 2.75) is 25.4 Å². The standard InChI is InChI=1S/C25H33N5O2/c1-26-25(32)23-18-28(17-20-7-3-2-4-8-20)15-16-30(23)19-24(31)27-21-9-11-22(12-10-21)29-13-5-6-14-29/h2-4,7-12,23H,5-6,13-19H2,1H3,(H,26,32)(H,27,31)/t23-/m1/s1. The van der Waals surface area contributed by atoms with Crippen molar-refractivity contribution in [3.63, 3.8) is 0 Å². The molecule has 2 amide bonds. The van der Waals surface area contributed by atoms with Gasteiger partial charge in [0.15, 0.2) is 0 Å². The van der Waals surface area contributed by atoms with Gasteiger partial charge in [-0.05, 0) is 42.7 Å². The molecule has 32 heavy (non-hydrogen) atoms. The summed E-state index contributed by atoms with van der Waals surface area (Å²) in [6.45, 7) is 5.30. The molecule has 0 aliphatic carbocycles. The van der Waals surface area contributed by atoms with Crippen molar-refractivity contribution in [3.8, 4) is 0 Å². The summed E-state index contributed by atoms with van der Waals surface area (Å²) in [7, 11) is 1.65. The van der Waals surface area contributed by atoms with Crippen LogP contribution in [0, 0.1) is 0 Å². The lowest BCUT2D eigenvalue weighted by Gasteiger charge is -2.40. The Labute approximate surface area is 190 Å². The Kier molecular flexibility index (Phi) is 7.39. The van der Waals surface area contributed by atoms with Crippen LogP contribution in [-0.4, -0.2) is 74.0 Å². The average Bonchev–Trinajstić information content (AvgIpc) is 3.36. The topological polar surface area (TPSA) is 67.9 Å². The molecule has 2 aliphatic heterocycles. The van der Waals surface area contributed by atoms with Crippen LogP contribution in [0.5, 0.6) is 0 Å². The van der Waals surface area contributed by atoms with Crippen molar-refractivity contribution in [1.29, 1.82) is 0 Å². The fraction of sp³-hybridized carbons (Fsp3) is 0.440. The van der Waals surface area contributed by atoms with E-state index < -0.39 is 0 Å². The fourth-order valence-corrected chi connectivity index (χ4v) is 4.58. The first-order valence-electron chi connectivity index (χ1n) is 11.5. The van der Waals surface area contributed by atoms with Gasteiger partial charge in [0.25, 0.3) is 0 Å². The third-order valence-electron chi connectivity index (χ3n) is 6.34. The molecule has 2 N–H and O–H groups in total. The number of rotatable bonds is 7. The van der Waals surface area contributed by atoms with Crippen LogP contribution in [0.25, 0.3) is 0 Å². The molecule has 0 bridgehead atoms. The lowest BCUT2D eigenvalue weighted by atomic mass is 10.1. The first kappa shape index (κ1) is 22.3. The second-order valence-corrected chi connectivity index (χ2v) is 8.61. The molecule has 2 aromatic carbocycles. The lowest BCUT2D eigenvalue weighted by molar-refractivity contribution is -0.130. The molecular weight excluding hydrogens is 402 g/mol. The molecule has 0 spiro atoms. The number of nitrogens with zero attached hydrogens (tertiary/aromatic N) is 3. The third-order valence-corrected chi connectivity index (χ3v) is 6.34. The summed E-state index contributed by atoms with van der Waals surface area (Å²) in [4.78, 5) is 31.9. The molecule has 0 unspecified atom stereocenters. The van der Waals surface area contributed by atoms with Crippen molar-refractivity contribution in [1.82, 2.24) is 15.1 Å². The summed E-state index contributed by atoms with van der Waals surface area (Å²) >= 11 is 0. The highest BCUT2D eigenvalue weighted by atomic mass is 16.2. The predicted octanol–water partition coefficient (Wildman–Crippen LogP) is 2.16. The molecule has 170 valence electrons. The van der Waals surface area contributed by atoms with Crippen LogP contribution in [0.4, 0.5) is 11.4 Å². The normalized spacial score (nSPS) is 19.7. The second-order valence-electron chi connectivity index (χ2n) is 8.61. The minimum absolute atomic E-state index is 0.0504. The van der Waals surface area contributed by atoms with Gasteiger partial charge in [-0.3, -0.25) is 19.4 Å². The van der Waals surface area contributed by atoms with E-state index in [1.54, 1.807) is 7.05 Å². The lowest BCUT2D eigenvalue weighted by Crippen LogP contribution is -2.59. The van der Waals surface area contributed by atoms with E-state index in [2.05, 4.69) is 44.7 Å². The number of carbonyl (C=O) groups is 2. The van der Waals surface area contributed by atoms with Gasteiger partial charge in [-0.1, -0.05) is 30.3 Å². The summed E-state index contributed by atoms with van der Waals surface area (Å²) in [6, 6.07) is 18.0.